The Bertz CT molecular complexity index is 661. The highest BCUT2D eigenvalue weighted by atomic mass is 35.5. The summed E-state index contributed by atoms with van der Waals surface area (Å²) in [6, 6.07) is 3.62. The molecular formula is C10H8ClFN4OS. The van der Waals surface area contributed by atoms with E-state index in [2.05, 4.69) is 9.97 Å². The van der Waals surface area contributed by atoms with Crippen LogP contribution in [-0.4, -0.2) is 9.97 Å². The molecule has 1 aromatic carbocycles. The van der Waals surface area contributed by atoms with Crippen LogP contribution in [0, 0.1) is 5.82 Å². The summed E-state index contributed by atoms with van der Waals surface area (Å²) >= 11 is 6.58. The Morgan fingerprint density at radius 2 is 2.06 bits per heavy atom. The summed E-state index contributed by atoms with van der Waals surface area (Å²) < 4.78 is 13.3. The third-order valence-electron chi connectivity index (χ3n) is 2.00. The van der Waals surface area contributed by atoms with Crippen molar-refractivity contribution in [3.63, 3.8) is 0 Å². The molecule has 0 aliphatic rings. The number of nitrogens with zero attached hydrogens (tertiary/aromatic N) is 1. The summed E-state index contributed by atoms with van der Waals surface area (Å²) in [5.74, 6) is -0.520. The maximum atomic E-state index is 13.3. The fourth-order valence-electron chi connectivity index (χ4n) is 1.24. The summed E-state index contributed by atoms with van der Waals surface area (Å²) in [7, 11) is 0. The molecule has 0 radical (unpaired) electrons. The van der Waals surface area contributed by atoms with Crippen molar-refractivity contribution in [2.45, 2.75) is 10.1 Å². The lowest BCUT2D eigenvalue weighted by Gasteiger charge is -2.06. The van der Waals surface area contributed by atoms with E-state index >= 15 is 0 Å². The van der Waals surface area contributed by atoms with Crippen molar-refractivity contribution in [2.75, 3.05) is 11.5 Å². The van der Waals surface area contributed by atoms with Gasteiger partial charge in [-0.2, -0.15) is 0 Å². The van der Waals surface area contributed by atoms with Crippen molar-refractivity contribution in [3.8, 4) is 0 Å². The highest BCUT2D eigenvalue weighted by Gasteiger charge is 2.09. The zero-order chi connectivity index (χ0) is 13.3. The van der Waals surface area contributed by atoms with Gasteiger partial charge < -0.3 is 16.5 Å². The van der Waals surface area contributed by atoms with E-state index in [1.165, 1.54) is 12.1 Å². The van der Waals surface area contributed by atoms with Crippen molar-refractivity contribution in [3.05, 3.63) is 39.4 Å². The molecule has 0 aliphatic heterocycles. The van der Waals surface area contributed by atoms with Crippen molar-refractivity contribution in [1.29, 1.82) is 0 Å². The van der Waals surface area contributed by atoms with E-state index in [0.717, 1.165) is 17.8 Å². The average molecular weight is 287 g/mol. The molecular weight excluding hydrogens is 279 g/mol. The van der Waals surface area contributed by atoms with Gasteiger partial charge in [-0.1, -0.05) is 11.6 Å². The number of halogens is 2. The largest absolute Gasteiger partial charge is 0.398 e. The lowest BCUT2D eigenvalue weighted by atomic mass is 10.3. The second kappa shape index (κ2) is 4.87. The summed E-state index contributed by atoms with van der Waals surface area (Å²) in [5.41, 5.74) is 11.0. The molecule has 0 amide bonds. The quantitative estimate of drug-likeness (QED) is 0.578. The van der Waals surface area contributed by atoms with Crippen LogP contribution in [0.1, 0.15) is 0 Å². The van der Waals surface area contributed by atoms with Gasteiger partial charge in [-0.15, -0.1) is 0 Å². The van der Waals surface area contributed by atoms with Crippen LogP contribution in [0.4, 0.5) is 15.9 Å². The monoisotopic (exact) mass is 286 g/mol. The molecule has 1 heterocycles. The van der Waals surface area contributed by atoms with Crippen molar-refractivity contribution in [1.82, 2.24) is 9.97 Å². The first-order chi connectivity index (χ1) is 8.45. The second-order valence-corrected chi connectivity index (χ2v) is 4.82. The Labute approximate surface area is 110 Å². The van der Waals surface area contributed by atoms with Crippen LogP contribution in [0.2, 0.25) is 5.02 Å². The van der Waals surface area contributed by atoms with E-state index in [-0.39, 0.29) is 21.7 Å². The van der Waals surface area contributed by atoms with Gasteiger partial charge in [0.15, 0.2) is 5.16 Å². The first kappa shape index (κ1) is 12.7. The number of nitrogens with one attached hydrogen (secondary N) is 1. The van der Waals surface area contributed by atoms with Gasteiger partial charge in [-0.25, -0.2) is 9.37 Å². The lowest BCUT2D eigenvalue weighted by molar-refractivity contribution is 0.625. The molecule has 8 heteroatoms. The fraction of sp³-hybridized carbons (Fsp3) is 0. The Hall–Kier alpha value is -1.73. The van der Waals surface area contributed by atoms with Crippen molar-refractivity contribution in [2.24, 2.45) is 0 Å². The Balaban J connectivity index is 2.39. The molecule has 94 valence electrons. The minimum atomic E-state index is -0.598. The molecule has 2 aromatic rings. The zero-order valence-corrected chi connectivity index (χ0v) is 10.5. The molecule has 0 spiro atoms. The van der Waals surface area contributed by atoms with Crippen LogP contribution in [-0.2, 0) is 0 Å². The molecule has 0 unspecified atom stereocenters. The summed E-state index contributed by atoms with van der Waals surface area (Å²) in [5, 5.41) is 0.166. The minimum Gasteiger partial charge on any atom is -0.398 e. The molecule has 5 nitrogen and oxygen atoms in total. The number of aromatic nitrogens is 2. The number of rotatable bonds is 2. The van der Waals surface area contributed by atoms with E-state index in [1.807, 2.05) is 0 Å². The summed E-state index contributed by atoms with van der Waals surface area (Å²) in [6.45, 7) is 0. The molecule has 0 aliphatic carbocycles. The van der Waals surface area contributed by atoms with Crippen LogP contribution >= 0.6 is 23.4 Å². The average Bonchev–Trinajstić information content (AvgIpc) is 2.24. The number of hydrogen-bond donors (Lipinski definition) is 3. The SMILES string of the molecule is Nc1cc(=O)[nH]c(Sc2cc(F)c(Cl)cc2N)n1. The van der Waals surface area contributed by atoms with Crippen molar-refractivity contribution >= 4 is 34.9 Å². The highest BCUT2D eigenvalue weighted by molar-refractivity contribution is 7.99. The Kier molecular flexibility index (Phi) is 3.44. The van der Waals surface area contributed by atoms with Gasteiger partial charge in [0.2, 0.25) is 0 Å². The Morgan fingerprint density at radius 3 is 2.72 bits per heavy atom. The lowest BCUT2D eigenvalue weighted by Crippen LogP contribution is -2.09. The number of nitrogen functional groups attached to an aromatic ring is 2. The normalized spacial score (nSPS) is 10.6. The molecule has 0 saturated heterocycles. The number of nitrogens with two attached hydrogens (primary N) is 2. The first-order valence-electron chi connectivity index (χ1n) is 4.75. The van der Waals surface area contributed by atoms with Gasteiger partial charge in [0.25, 0.3) is 5.56 Å². The summed E-state index contributed by atoms with van der Waals surface area (Å²) in [4.78, 5) is 17.9. The molecule has 0 saturated carbocycles. The summed E-state index contributed by atoms with van der Waals surface area (Å²) in [6.07, 6.45) is 0. The maximum absolute atomic E-state index is 13.3. The van der Waals surface area contributed by atoms with Crippen LogP contribution in [0.5, 0.6) is 0 Å². The first-order valence-corrected chi connectivity index (χ1v) is 5.94. The van der Waals surface area contributed by atoms with E-state index in [1.54, 1.807) is 0 Å². The van der Waals surface area contributed by atoms with Crippen LogP contribution in [0.3, 0.4) is 0 Å². The highest BCUT2D eigenvalue weighted by Crippen LogP contribution is 2.33. The number of benzene rings is 1. The fourth-order valence-corrected chi connectivity index (χ4v) is 2.26. The predicted molar refractivity (Wildman–Crippen MR) is 69.2 cm³/mol. The van der Waals surface area contributed by atoms with Crippen LogP contribution in [0.25, 0.3) is 0 Å². The molecule has 1 aromatic heterocycles. The van der Waals surface area contributed by atoms with E-state index in [0.29, 0.717) is 4.90 Å². The van der Waals surface area contributed by atoms with Crippen molar-refractivity contribution < 1.29 is 4.39 Å². The topological polar surface area (TPSA) is 97.8 Å². The number of anilines is 2. The number of aromatic amines is 1. The minimum absolute atomic E-state index is 0.0640. The standard InChI is InChI=1S/C10H8ClFN4OS/c11-4-1-6(13)7(2-5(4)12)18-10-15-8(14)3-9(17)16-10/h1-3H,13H2,(H3,14,15,16,17). The molecule has 0 fully saturated rings. The van der Waals surface area contributed by atoms with Gasteiger partial charge in [0.1, 0.15) is 11.6 Å². The molecule has 2 rings (SSSR count). The van der Waals surface area contributed by atoms with Crippen LogP contribution in [0.15, 0.2) is 33.0 Å². The molecule has 0 atom stereocenters. The third-order valence-corrected chi connectivity index (χ3v) is 3.25. The smallest absolute Gasteiger partial charge is 0.253 e. The van der Waals surface area contributed by atoms with E-state index in [4.69, 9.17) is 23.1 Å². The Morgan fingerprint density at radius 1 is 1.33 bits per heavy atom. The number of H-pyrrole nitrogens is 1. The second-order valence-electron chi connectivity index (χ2n) is 3.38. The van der Waals surface area contributed by atoms with Gasteiger partial charge in [-0.3, -0.25) is 4.79 Å². The molecule has 0 bridgehead atoms. The van der Waals surface area contributed by atoms with E-state index in [9.17, 15) is 9.18 Å². The zero-order valence-electron chi connectivity index (χ0n) is 8.91. The third kappa shape index (κ3) is 2.74. The van der Waals surface area contributed by atoms with E-state index < -0.39 is 11.4 Å². The predicted octanol–water partition coefficient (Wildman–Crippen LogP) is 1.88. The van der Waals surface area contributed by atoms with Gasteiger partial charge in [0, 0.05) is 16.6 Å². The molecule has 5 N–H and O–H groups in total. The van der Waals surface area contributed by atoms with Gasteiger partial charge in [0.05, 0.1) is 5.02 Å². The number of hydrogen-bond acceptors (Lipinski definition) is 5. The maximum Gasteiger partial charge on any atom is 0.253 e. The van der Waals surface area contributed by atoms with Gasteiger partial charge >= 0.3 is 0 Å². The van der Waals surface area contributed by atoms with Crippen LogP contribution < -0.4 is 17.0 Å². The molecule has 18 heavy (non-hydrogen) atoms. The van der Waals surface area contributed by atoms with Gasteiger partial charge in [-0.05, 0) is 23.9 Å².